The standard InChI is InChI=1S/C32H28N4O3.ClH/c1-23(32(37)39-3)29(33-25-19-21-28(38-2)22-20-25)31-35(26-15-9-5-10-16-26)30(24-13-7-4-8-14-24)34-36(31)27-17-11-6-12-18-27;/h4-22H,1-3H3;1H. The maximum atomic E-state index is 13.0. The van der Waals surface area contributed by atoms with Gasteiger partial charge < -0.3 is 27.2 Å². The third kappa shape index (κ3) is 5.75. The van der Waals surface area contributed by atoms with E-state index in [4.69, 9.17) is 14.6 Å². The van der Waals surface area contributed by atoms with Crippen molar-refractivity contribution in [2.75, 3.05) is 19.5 Å². The molecule has 1 aromatic heterocycles. The van der Waals surface area contributed by atoms with Crippen LogP contribution < -0.4 is 27.0 Å². The van der Waals surface area contributed by atoms with E-state index >= 15 is 0 Å². The van der Waals surface area contributed by atoms with Crippen molar-refractivity contribution in [2.24, 2.45) is 0 Å². The number of benzene rings is 4. The van der Waals surface area contributed by atoms with Gasteiger partial charge in [-0.25, -0.2) is 4.79 Å². The molecule has 7 nitrogen and oxygen atoms in total. The maximum Gasteiger partial charge on any atom is 0.335 e. The summed E-state index contributed by atoms with van der Waals surface area (Å²) in [6, 6.07) is 37.3. The van der Waals surface area contributed by atoms with E-state index in [1.54, 1.807) is 14.0 Å². The number of nitrogens with one attached hydrogen (secondary N) is 1. The highest BCUT2D eigenvalue weighted by atomic mass is 35.5. The summed E-state index contributed by atoms with van der Waals surface area (Å²) in [6.45, 7) is 1.75. The zero-order valence-electron chi connectivity index (χ0n) is 22.4. The van der Waals surface area contributed by atoms with Gasteiger partial charge in [-0.1, -0.05) is 59.3 Å². The molecule has 8 heteroatoms. The van der Waals surface area contributed by atoms with Gasteiger partial charge >= 0.3 is 11.8 Å². The highest BCUT2D eigenvalue weighted by Crippen LogP contribution is 2.28. The first-order valence-electron chi connectivity index (χ1n) is 12.5. The van der Waals surface area contributed by atoms with E-state index in [0.29, 0.717) is 22.9 Å². The van der Waals surface area contributed by atoms with Crippen molar-refractivity contribution in [1.29, 1.82) is 0 Å². The van der Waals surface area contributed by atoms with Gasteiger partial charge in [0.05, 0.1) is 30.5 Å². The second-order valence-corrected chi connectivity index (χ2v) is 8.78. The number of hydrogen-bond donors (Lipinski definition) is 1. The second-order valence-electron chi connectivity index (χ2n) is 8.78. The highest BCUT2D eigenvalue weighted by molar-refractivity contribution is 5.98. The molecule has 0 spiro atoms. The molecule has 0 bridgehead atoms. The zero-order chi connectivity index (χ0) is 27.2. The molecule has 0 aliphatic carbocycles. The number of ether oxygens (including phenoxy) is 2. The summed E-state index contributed by atoms with van der Waals surface area (Å²) in [4.78, 5) is 13.0. The summed E-state index contributed by atoms with van der Waals surface area (Å²) >= 11 is 0. The fourth-order valence-corrected chi connectivity index (χ4v) is 4.34. The Balaban J connectivity index is 0.00000370. The molecule has 0 aliphatic rings. The minimum atomic E-state index is -0.451. The number of carbonyl (C=O) groups excluding carboxylic acids is 1. The molecule has 0 saturated carbocycles. The monoisotopic (exact) mass is 552 g/mol. The van der Waals surface area contributed by atoms with Crippen LogP contribution in [0.25, 0.3) is 28.5 Å². The minimum absolute atomic E-state index is 0. The van der Waals surface area contributed by atoms with E-state index in [1.165, 1.54) is 7.11 Å². The molecule has 0 radical (unpaired) electrons. The van der Waals surface area contributed by atoms with Crippen LogP contribution in [0.4, 0.5) is 5.69 Å². The number of hydrogen-bond acceptors (Lipinski definition) is 5. The van der Waals surface area contributed by atoms with E-state index in [9.17, 15) is 4.79 Å². The van der Waals surface area contributed by atoms with Crippen LogP contribution in [0.15, 0.2) is 121 Å². The molecule has 0 fully saturated rings. The van der Waals surface area contributed by atoms with E-state index in [2.05, 4.69) is 9.88 Å². The molecular weight excluding hydrogens is 524 g/mol. The predicted octanol–water partition coefficient (Wildman–Crippen LogP) is 2.84. The van der Waals surface area contributed by atoms with E-state index in [1.807, 2.05) is 120 Å². The van der Waals surface area contributed by atoms with Gasteiger partial charge in [0.25, 0.3) is 5.82 Å². The Morgan fingerprint density at radius 2 is 1.38 bits per heavy atom. The Bertz CT molecular complexity index is 1600. The molecule has 0 saturated heterocycles. The van der Waals surface area contributed by atoms with Crippen LogP contribution >= 0.6 is 0 Å². The maximum absolute atomic E-state index is 13.0. The van der Waals surface area contributed by atoms with Crippen LogP contribution in [0.2, 0.25) is 0 Å². The Hall–Kier alpha value is -4.88. The number of anilines is 1. The highest BCUT2D eigenvalue weighted by Gasteiger charge is 2.34. The second kappa shape index (κ2) is 12.8. The van der Waals surface area contributed by atoms with Crippen LogP contribution in [0.1, 0.15) is 12.7 Å². The molecule has 0 atom stereocenters. The molecular formula is C32H29ClN4O3. The van der Waals surface area contributed by atoms with Gasteiger partial charge in [0.15, 0.2) is 0 Å². The average molecular weight is 553 g/mol. The summed E-state index contributed by atoms with van der Waals surface area (Å²) in [5.41, 5.74) is 4.38. The number of rotatable bonds is 8. The smallest absolute Gasteiger partial charge is 0.335 e. The molecule has 1 N–H and O–H groups in total. The first-order chi connectivity index (χ1) is 19.1. The van der Waals surface area contributed by atoms with Gasteiger partial charge in [-0.3, -0.25) is 0 Å². The van der Waals surface area contributed by atoms with Gasteiger partial charge in [-0.2, -0.15) is 4.57 Å². The SMILES string of the molecule is COC(=O)/C(C)=C(/Nc1ccc(OC)cc1)c1n(-c2ccccc2)nc(-c2ccccc2)[n+]1-c1ccccc1.[Cl-]. The van der Waals surface area contributed by atoms with Gasteiger partial charge in [0.1, 0.15) is 22.8 Å². The lowest BCUT2D eigenvalue weighted by Crippen LogP contribution is -3.00. The number of nitrogens with zero attached hydrogens (tertiary/aromatic N) is 3. The number of halogens is 1. The minimum Gasteiger partial charge on any atom is -1.00 e. The van der Waals surface area contributed by atoms with E-state index in [0.717, 1.165) is 28.4 Å². The fourth-order valence-electron chi connectivity index (χ4n) is 4.34. The van der Waals surface area contributed by atoms with Crippen molar-refractivity contribution < 1.29 is 31.2 Å². The molecule has 202 valence electrons. The van der Waals surface area contributed by atoms with Crippen LogP contribution in [0.3, 0.4) is 0 Å². The third-order valence-electron chi connectivity index (χ3n) is 6.32. The summed E-state index contributed by atoms with van der Waals surface area (Å²) in [5, 5.41) is 8.61. The molecule has 0 amide bonds. The van der Waals surface area contributed by atoms with E-state index < -0.39 is 5.97 Å². The van der Waals surface area contributed by atoms with Gasteiger partial charge in [-0.05, 0) is 67.6 Å². The lowest BCUT2D eigenvalue weighted by Gasteiger charge is -2.15. The van der Waals surface area contributed by atoms with Crippen LogP contribution in [-0.2, 0) is 9.53 Å². The van der Waals surface area contributed by atoms with Crippen molar-refractivity contribution in [1.82, 2.24) is 9.78 Å². The van der Waals surface area contributed by atoms with Crippen LogP contribution in [-0.4, -0.2) is 30.0 Å². The number of esters is 1. The lowest BCUT2D eigenvalue weighted by atomic mass is 10.1. The summed E-state index contributed by atoms with van der Waals surface area (Å²) in [5.74, 6) is 1.65. The Kier molecular flexibility index (Phi) is 8.99. The largest absolute Gasteiger partial charge is 1.00 e. The Morgan fingerprint density at radius 1 is 0.800 bits per heavy atom. The number of carbonyl (C=O) groups is 1. The van der Waals surface area contributed by atoms with Gasteiger partial charge in [0.2, 0.25) is 0 Å². The molecule has 0 aliphatic heterocycles. The van der Waals surface area contributed by atoms with Crippen molar-refractivity contribution in [3.05, 3.63) is 127 Å². The number of para-hydroxylation sites is 2. The van der Waals surface area contributed by atoms with Gasteiger partial charge in [-0.15, -0.1) is 0 Å². The molecule has 0 unspecified atom stereocenters. The molecule has 4 aromatic carbocycles. The van der Waals surface area contributed by atoms with Crippen LogP contribution in [0.5, 0.6) is 5.75 Å². The fraction of sp³-hybridized carbons (Fsp3) is 0.0938. The van der Waals surface area contributed by atoms with Gasteiger partial charge in [0, 0.05) is 5.69 Å². The molecule has 5 aromatic rings. The topological polar surface area (TPSA) is 69.3 Å². The quantitative estimate of drug-likeness (QED) is 0.182. The lowest BCUT2D eigenvalue weighted by molar-refractivity contribution is -0.587. The average Bonchev–Trinajstić information content (AvgIpc) is 3.41. The third-order valence-corrected chi connectivity index (χ3v) is 6.32. The molecule has 5 rings (SSSR count). The van der Waals surface area contributed by atoms with Crippen molar-refractivity contribution in [2.45, 2.75) is 6.92 Å². The predicted molar refractivity (Wildman–Crippen MR) is 152 cm³/mol. The molecule has 40 heavy (non-hydrogen) atoms. The summed E-state index contributed by atoms with van der Waals surface area (Å²) in [6.07, 6.45) is 0. The number of methoxy groups -OCH3 is 2. The number of aromatic nitrogens is 3. The summed E-state index contributed by atoms with van der Waals surface area (Å²) in [7, 11) is 3.01. The van der Waals surface area contributed by atoms with Crippen molar-refractivity contribution >= 4 is 17.4 Å². The first kappa shape index (κ1) is 28.1. The van der Waals surface area contributed by atoms with E-state index in [-0.39, 0.29) is 12.4 Å². The Labute approximate surface area is 239 Å². The Morgan fingerprint density at radius 3 is 1.95 bits per heavy atom. The zero-order valence-corrected chi connectivity index (χ0v) is 23.2. The van der Waals surface area contributed by atoms with Crippen LogP contribution in [0, 0.1) is 0 Å². The van der Waals surface area contributed by atoms with Crippen molar-refractivity contribution in [3.63, 3.8) is 0 Å². The van der Waals surface area contributed by atoms with Crippen molar-refractivity contribution in [3.8, 4) is 28.5 Å². The molecule has 1 heterocycles. The first-order valence-corrected chi connectivity index (χ1v) is 12.5. The summed E-state index contributed by atoms with van der Waals surface area (Å²) < 4.78 is 14.4. The normalized spacial score (nSPS) is 11.2.